The highest BCUT2D eigenvalue weighted by Gasteiger charge is 2.26. The monoisotopic (exact) mass is 417 g/mol. The highest BCUT2D eigenvalue weighted by atomic mass is 19.1. The van der Waals surface area contributed by atoms with Gasteiger partial charge in [0, 0.05) is 32.2 Å². The van der Waals surface area contributed by atoms with Crippen LogP contribution in [0.3, 0.4) is 0 Å². The van der Waals surface area contributed by atoms with Crippen LogP contribution >= 0.6 is 0 Å². The normalized spacial score (nSPS) is 18.7. The molecule has 2 N–H and O–H groups in total. The van der Waals surface area contributed by atoms with Crippen molar-refractivity contribution in [2.24, 2.45) is 0 Å². The van der Waals surface area contributed by atoms with E-state index >= 15 is 0 Å². The molecular weight excluding hydrogens is 389 g/mol. The van der Waals surface area contributed by atoms with Crippen LogP contribution in [0, 0.1) is 5.82 Å². The molecule has 1 atom stereocenters. The standard InChI is InChI=1S/C25H28FN5/c1-27-24-21-11-13-31(16-23(21)29-25(30-24)22-6-3-12-28-22)15-17-7-9-18(10-8-17)19-4-2-5-20(26)14-19/h2,4-5,7-10,14,22,28H,3,6,11-13,15-16H2,1H3,(H,27,29,30)/t22-/m1/s1. The molecule has 2 aromatic carbocycles. The molecule has 2 aliphatic heterocycles. The fourth-order valence-corrected chi connectivity index (χ4v) is 4.64. The first-order valence-electron chi connectivity index (χ1n) is 11.1. The molecular formula is C25H28FN5. The number of rotatable bonds is 5. The number of nitrogens with zero attached hydrogens (tertiary/aromatic N) is 3. The summed E-state index contributed by atoms with van der Waals surface area (Å²) >= 11 is 0. The molecule has 31 heavy (non-hydrogen) atoms. The van der Waals surface area contributed by atoms with Gasteiger partial charge in [-0.25, -0.2) is 14.4 Å². The molecule has 0 saturated carbocycles. The van der Waals surface area contributed by atoms with Crippen LogP contribution < -0.4 is 10.6 Å². The first-order chi connectivity index (χ1) is 15.2. The summed E-state index contributed by atoms with van der Waals surface area (Å²) in [5.74, 6) is 1.69. The first-order valence-corrected chi connectivity index (χ1v) is 11.1. The summed E-state index contributed by atoms with van der Waals surface area (Å²) in [5, 5.41) is 6.80. The zero-order valence-electron chi connectivity index (χ0n) is 17.9. The molecule has 0 unspecified atom stereocenters. The van der Waals surface area contributed by atoms with Crippen molar-refractivity contribution in [3.63, 3.8) is 0 Å². The lowest BCUT2D eigenvalue weighted by Gasteiger charge is -2.29. The summed E-state index contributed by atoms with van der Waals surface area (Å²) in [5.41, 5.74) is 5.59. The molecule has 160 valence electrons. The van der Waals surface area contributed by atoms with E-state index in [-0.39, 0.29) is 11.9 Å². The summed E-state index contributed by atoms with van der Waals surface area (Å²) in [6.07, 6.45) is 3.23. The van der Waals surface area contributed by atoms with Gasteiger partial charge in [-0.05, 0) is 54.6 Å². The Bertz CT molecular complexity index is 1060. The lowest BCUT2D eigenvalue weighted by Crippen LogP contribution is -2.32. The van der Waals surface area contributed by atoms with Gasteiger partial charge in [0.1, 0.15) is 17.5 Å². The Labute approximate surface area is 182 Å². The van der Waals surface area contributed by atoms with E-state index in [1.165, 1.54) is 23.6 Å². The molecule has 5 rings (SSSR count). The van der Waals surface area contributed by atoms with Gasteiger partial charge in [0.05, 0.1) is 11.7 Å². The van der Waals surface area contributed by atoms with Crippen molar-refractivity contribution < 1.29 is 4.39 Å². The van der Waals surface area contributed by atoms with Crippen molar-refractivity contribution in [2.45, 2.75) is 38.4 Å². The zero-order chi connectivity index (χ0) is 21.2. The largest absolute Gasteiger partial charge is 0.373 e. The lowest BCUT2D eigenvalue weighted by molar-refractivity contribution is 0.241. The van der Waals surface area contributed by atoms with Crippen molar-refractivity contribution >= 4 is 5.82 Å². The number of fused-ring (bicyclic) bond motifs is 1. The van der Waals surface area contributed by atoms with E-state index in [9.17, 15) is 4.39 Å². The Hall–Kier alpha value is -2.83. The van der Waals surface area contributed by atoms with Gasteiger partial charge in [-0.2, -0.15) is 0 Å². The van der Waals surface area contributed by atoms with Crippen LogP contribution in [0.1, 0.15) is 41.5 Å². The fourth-order valence-electron chi connectivity index (χ4n) is 4.64. The van der Waals surface area contributed by atoms with Gasteiger partial charge in [0.2, 0.25) is 0 Å². The van der Waals surface area contributed by atoms with Gasteiger partial charge in [-0.3, -0.25) is 4.90 Å². The third-order valence-electron chi connectivity index (χ3n) is 6.29. The minimum absolute atomic E-state index is 0.205. The van der Waals surface area contributed by atoms with Crippen molar-refractivity contribution in [2.75, 3.05) is 25.5 Å². The maximum atomic E-state index is 13.5. The van der Waals surface area contributed by atoms with Crippen molar-refractivity contribution in [3.05, 3.63) is 77.0 Å². The molecule has 3 aromatic rings. The van der Waals surface area contributed by atoms with E-state index < -0.39 is 0 Å². The third-order valence-corrected chi connectivity index (χ3v) is 6.29. The quantitative estimate of drug-likeness (QED) is 0.648. The van der Waals surface area contributed by atoms with Gasteiger partial charge in [-0.1, -0.05) is 36.4 Å². The van der Waals surface area contributed by atoms with Crippen molar-refractivity contribution in [1.82, 2.24) is 20.2 Å². The highest BCUT2D eigenvalue weighted by molar-refractivity contribution is 5.63. The van der Waals surface area contributed by atoms with Gasteiger partial charge < -0.3 is 10.6 Å². The van der Waals surface area contributed by atoms with Crippen LogP contribution in [0.25, 0.3) is 11.1 Å². The predicted molar refractivity (Wildman–Crippen MR) is 121 cm³/mol. The zero-order valence-corrected chi connectivity index (χ0v) is 17.9. The van der Waals surface area contributed by atoms with Gasteiger partial charge in [-0.15, -0.1) is 0 Å². The fraction of sp³-hybridized carbons (Fsp3) is 0.360. The van der Waals surface area contributed by atoms with Crippen LogP contribution in [-0.2, 0) is 19.5 Å². The molecule has 1 fully saturated rings. The van der Waals surface area contributed by atoms with E-state index in [1.807, 2.05) is 13.1 Å². The Morgan fingerprint density at radius 1 is 1.13 bits per heavy atom. The van der Waals surface area contributed by atoms with Crippen LogP contribution in [0.15, 0.2) is 48.5 Å². The Morgan fingerprint density at radius 2 is 2.00 bits per heavy atom. The summed E-state index contributed by atoms with van der Waals surface area (Å²) in [7, 11) is 1.95. The number of benzene rings is 2. The van der Waals surface area contributed by atoms with Gasteiger partial charge in [0.15, 0.2) is 0 Å². The van der Waals surface area contributed by atoms with Crippen LogP contribution in [0.2, 0.25) is 0 Å². The van der Waals surface area contributed by atoms with E-state index in [4.69, 9.17) is 9.97 Å². The minimum Gasteiger partial charge on any atom is -0.373 e. The maximum absolute atomic E-state index is 13.5. The Balaban J connectivity index is 1.32. The SMILES string of the molecule is CNc1nc([C@H]2CCCN2)nc2c1CCN(Cc1ccc(-c3cccc(F)c3)cc1)C2. The van der Waals surface area contributed by atoms with Crippen molar-refractivity contribution in [3.8, 4) is 11.1 Å². The number of halogens is 1. The molecule has 5 nitrogen and oxygen atoms in total. The average molecular weight is 418 g/mol. The van der Waals surface area contributed by atoms with E-state index in [0.29, 0.717) is 0 Å². The van der Waals surface area contributed by atoms with Crippen molar-refractivity contribution in [1.29, 1.82) is 0 Å². The van der Waals surface area contributed by atoms with Crippen LogP contribution in [0.5, 0.6) is 0 Å². The van der Waals surface area contributed by atoms with E-state index in [1.54, 1.807) is 12.1 Å². The maximum Gasteiger partial charge on any atom is 0.147 e. The smallest absolute Gasteiger partial charge is 0.147 e. The second-order valence-corrected chi connectivity index (χ2v) is 8.42. The molecule has 3 heterocycles. The molecule has 0 radical (unpaired) electrons. The number of hydrogen-bond acceptors (Lipinski definition) is 5. The summed E-state index contributed by atoms with van der Waals surface area (Å²) in [4.78, 5) is 12.2. The second-order valence-electron chi connectivity index (χ2n) is 8.42. The highest BCUT2D eigenvalue weighted by Crippen LogP contribution is 2.29. The third kappa shape index (κ3) is 4.31. The molecule has 2 aliphatic rings. The number of anilines is 1. The number of hydrogen-bond donors (Lipinski definition) is 2. The van der Waals surface area contributed by atoms with Crippen LogP contribution in [0.4, 0.5) is 10.2 Å². The van der Waals surface area contributed by atoms with E-state index in [2.05, 4.69) is 39.8 Å². The number of nitrogens with one attached hydrogen (secondary N) is 2. The molecule has 6 heteroatoms. The predicted octanol–water partition coefficient (Wildman–Crippen LogP) is 4.31. The van der Waals surface area contributed by atoms with E-state index in [0.717, 1.165) is 67.5 Å². The average Bonchev–Trinajstić information content (AvgIpc) is 3.34. The molecule has 1 saturated heterocycles. The molecule has 0 spiro atoms. The lowest BCUT2D eigenvalue weighted by atomic mass is 10.0. The first kappa shape index (κ1) is 20.1. The summed E-state index contributed by atoms with van der Waals surface area (Å²) in [6.45, 7) is 3.73. The molecule has 0 bridgehead atoms. The summed E-state index contributed by atoms with van der Waals surface area (Å²) in [6, 6.07) is 15.4. The topological polar surface area (TPSA) is 53.1 Å². The number of aromatic nitrogens is 2. The molecule has 1 aromatic heterocycles. The molecule has 0 aliphatic carbocycles. The minimum atomic E-state index is -0.205. The summed E-state index contributed by atoms with van der Waals surface area (Å²) < 4.78 is 13.5. The van der Waals surface area contributed by atoms with Gasteiger partial charge in [0.25, 0.3) is 0 Å². The molecule has 0 amide bonds. The Kier molecular flexibility index (Phi) is 5.66. The Morgan fingerprint density at radius 3 is 2.74 bits per heavy atom. The second kappa shape index (κ2) is 8.73. The van der Waals surface area contributed by atoms with Gasteiger partial charge >= 0.3 is 0 Å². The van der Waals surface area contributed by atoms with Crippen LogP contribution in [-0.4, -0.2) is 35.0 Å².